The van der Waals surface area contributed by atoms with E-state index in [2.05, 4.69) is 26.3 Å². The minimum Gasteiger partial charge on any atom is -0.471 e. The first-order valence-corrected chi connectivity index (χ1v) is 7.87. The molecule has 5 nitrogen and oxygen atoms in total. The van der Waals surface area contributed by atoms with E-state index in [1.807, 2.05) is 24.3 Å². The zero-order chi connectivity index (χ0) is 16.9. The van der Waals surface area contributed by atoms with Crippen LogP contribution in [0.25, 0.3) is 0 Å². The molecule has 0 fully saturated rings. The quantitative estimate of drug-likeness (QED) is 0.715. The third kappa shape index (κ3) is 4.20. The molecule has 0 radical (unpaired) electrons. The van der Waals surface area contributed by atoms with Crippen LogP contribution >= 0.6 is 15.9 Å². The second kappa shape index (κ2) is 7.27. The third-order valence-electron chi connectivity index (χ3n) is 3.17. The van der Waals surface area contributed by atoms with Gasteiger partial charge in [0, 0.05) is 10.0 Å². The number of carbonyl (C=O) groups excluding carboxylic acids is 1. The van der Waals surface area contributed by atoms with E-state index in [0.717, 1.165) is 4.47 Å². The van der Waals surface area contributed by atoms with Crippen LogP contribution < -0.4 is 10.1 Å². The molecule has 1 aromatic heterocycles. The maximum Gasteiger partial charge on any atom is 0.255 e. The lowest BCUT2D eigenvalue weighted by atomic mass is 10.2. The smallest absolute Gasteiger partial charge is 0.255 e. The number of hydrogen-bond acceptors (Lipinski definition) is 3. The second-order valence-corrected chi connectivity index (χ2v) is 5.87. The minimum absolute atomic E-state index is 0.216. The minimum atomic E-state index is -0.385. The van der Waals surface area contributed by atoms with E-state index in [4.69, 9.17) is 4.74 Å². The number of benzene rings is 2. The molecule has 0 aliphatic rings. The SMILES string of the molecule is O=C(Nc1cnn(COc2ccc(Br)cc2)c1)c1ccc(F)cc1. The number of hydrogen-bond donors (Lipinski definition) is 1. The van der Waals surface area contributed by atoms with Gasteiger partial charge in [0.05, 0.1) is 18.1 Å². The Bertz CT molecular complexity index is 832. The number of anilines is 1. The molecule has 0 bridgehead atoms. The highest BCUT2D eigenvalue weighted by molar-refractivity contribution is 9.10. The zero-order valence-electron chi connectivity index (χ0n) is 12.4. The van der Waals surface area contributed by atoms with E-state index in [-0.39, 0.29) is 18.5 Å². The molecule has 0 atom stereocenters. The molecule has 3 aromatic rings. The molecule has 0 aliphatic carbocycles. The van der Waals surface area contributed by atoms with Gasteiger partial charge < -0.3 is 10.1 Å². The molecule has 0 unspecified atom stereocenters. The number of rotatable bonds is 5. The average molecular weight is 390 g/mol. The second-order valence-electron chi connectivity index (χ2n) is 4.96. The summed E-state index contributed by atoms with van der Waals surface area (Å²) < 4.78 is 21.0. The summed E-state index contributed by atoms with van der Waals surface area (Å²) in [6.45, 7) is 0.216. The maximum absolute atomic E-state index is 12.9. The molecule has 2 aromatic carbocycles. The van der Waals surface area contributed by atoms with Crippen LogP contribution in [0.3, 0.4) is 0 Å². The zero-order valence-corrected chi connectivity index (χ0v) is 14.0. The maximum atomic E-state index is 12.9. The Morgan fingerprint density at radius 2 is 1.88 bits per heavy atom. The first kappa shape index (κ1) is 16.2. The van der Waals surface area contributed by atoms with Crippen LogP contribution in [0.15, 0.2) is 65.4 Å². The highest BCUT2D eigenvalue weighted by Crippen LogP contribution is 2.16. The van der Waals surface area contributed by atoms with Crippen molar-refractivity contribution in [2.45, 2.75) is 6.73 Å². The molecule has 0 saturated heterocycles. The van der Waals surface area contributed by atoms with Crippen molar-refractivity contribution in [3.8, 4) is 5.75 Å². The molecule has 7 heteroatoms. The van der Waals surface area contributed by atoms with Crippen LogP contribution in [0, 0.1) is 5.82 Å². The molecule has 0 saturated carbocycles. The third-order valence-corrected chi connectivity index (χ3v) is 3.70. The highest BCUT2D eigenvalue weighted by atomic mass is 79.9. The molecule has 1 amide bonds. The largest absolute Gasteiger partial charge is 0.471 e. The van der Waals surface area contributed by atoms with Gasteiger partial charge in [0.2, 0.25) is 0 Å². The summed E-state index contributed by atoms with van der Waals surface area (Å²) in [4.78, 5) is 12.0. The lowest BCUT2D eigenvalue weighted by Crippen LogP contribution is -2.11. The Morgan fingerprint density at radius 1 is 1.17 bits per heavy atom. The fourth-order valence-electron chi connectivity index (χ4n) is 1.97. The van der Waals surface area contributed by atoms with Gasteiger partial charge in [-0.05, 0) is 48.5 Å². The normalized spacial score (nSPS) is 10.4. The lowest BCUT2D eigenvalue weighted by molar-refractivity contribution is 0.102. The lowest BCUT2D eigenvalue weighted by Gasteiger charge is -2.06. The summed E-state index contributed by atoms with van der Waals surface area (Å²) in [6, 6.07) is 12.8. The summed E-state index contributed by atoms with van der Waals surface area (Å²) in [7, 11) is 0. The van der Waals surface area contributed by atoms with Gasteiger partial charge in [-0.15, -0.1) is 0 Å². The molecular formula is C17H13BrFN3O2. The molecule has 0 aliphatic heterocycles. The number of ether oxygens (including phenoxy) is 1. The first-order valence-electron chi connectivity index (χ1n) is 7.08. The standard InChI is InChI=1S/C17H13BrFN3O2/c18-13-3-7-16(8-4-13)24-11-22-10-15(9-20-22)21-17(23)12-1-5-14(19)6-2-12/h1-10H,11H2,(H,21,23). The van der Waals surface area contributed by atoms with Crippen LogP contribution in [0.1, 0.15) is 10.4 Å². The van der Waals surface area contributed by atoms with Gasteiger partial charge in [0.25, 0.3) is 5.91 Å². The van der Waals surface area contributed by atoms with E-state index < -0.39 is 0 Å². The van der Waals surface area contributed by atoms with E-state index in [9.17, 15) is 9.18 Å². The van der Waals surface area contributed by atoms with Gasteiger partial charge in [-0.3, -0.25) is 4.79 Å². The van der Waals surface area contributed by atoms with Gasteiger partial charge in [-0.1, -0.05) is 15.9 Å². The number of halogens is 2. The van der Waals surface area contributed by atoms with Crippen molar-refractivity contribution in [3.63, 3.8) is 0 Å². The van der Waals surface area contributed by atoms with Crippen LogP contribution in [0.4, 0.5) is 10.1 Å². The predicted octanol–water partition coefficient (Wildman–Crippen LogP) is 4.07. The van der Waals surface area contributed by atoms with Crippen molar-refractivity contribution >= 4 is 27.5 Å². The Balaban J connectivity index is 1.58. The van der Waals surface area contributed by atoms with Crippen molar-refractivity contribution in [2.24, 2.45) is 0 Å². The van der Waals surface area contributed by atoms with Gasteiger partial charge in [-0.25, -0.2) is 9.07 Å². The van der Waals surface area contributed by atoms with Crippen molar-refractivity contribution in [1.82, 2.24) is 9.78 Å². The topological polar surface area (TPSA) is 56.2 Å². The van der Waals surface area contributed by atoms with Crippen molar-refractivity contribution < 1.29 is 13.9 Å². The van der Waals surface area contributed by atoms with Crippen LogP contribution in [-0.4, -0.2) is 15.7 Å². The average Bonchev–Trinajstić information content (AvgIpc) is 3.02. The Morgan fingerprint density at radius 3 is 2.58 bits per heavy atom. The number of amides is 1. The summed E-state index contributed by atoms with van der Waals surface area (Å²) in [5, 5.41) is 6.81. The molecular weight excluding hydrogens is 377 g/mol. The molecule has 24 heavy (non-hydrogen) atoms. The monoisotopic (exact) mass is 389 g/mol. The summed E-state index contributed by atoms with van der Waals surface area (Å²) in [6.07, 6.45) is 3.17. The van der Waals surface area contributed by atoms with Crippen molar-refractivity contribution in [1.29, 1.82) is 0 Å². The fourth-order valence-corrected chi connectivity index (χ4v) is 2.24. The van der Waals surface area contributed by atoms with Gasteiger partial charge >= 0.3 is 0 Å². The van der Waals surface area contributed by atoms with Gasteiger partial charge in [0.1, 0.15) is 11.6 Å². The van der Waals surface area contributed by atoms with Crippen molar-refractivity contribution in [3.05, 3.63) is 76.8 Å². The molecule has 1 heterocycles. The molecule has 1 N–H and O–H groups in total. The van der Waals surface area contributed by atoms with E-state index in [1.54, 1.807) is 10.9 Å². The molecule has 3 rings (SSSR count). The van der Waals surface area contributed by atoms with E-state index in [1.165, 1.54) is 30.5 Å². The molecule has 0 spiro atoms. The van der Waals surface area contributed by atoms with Crippen LogP contribution in [0.5, 0.6) is 5.75 Å². The van der Waals surface area contributed by atoms with E-state index in [0.29, 0.717) is 17.0 Å². The first-order chi connectivity index (χ1) is 11.6. The number of nitrogens with one attached hydrogen (secondary N) is 1. The summed E-state index contributed by atoms with van der Waals surface area (Å²) >= 11 is 3.36. The number of aromatic nitrogens is 2. The Hall–Kier alpha value is -2.67. The summed E-state index contributed by atoms with van der Waals surface area (Å²) in [5.41, 5.74) is 0.902. The fraction of sp³-hybridized carbons (Fsp3) is 0.0588. The van der Waals surface area contributed by atoms with E-state index >= 15 is 0 Å². The highest BCUT2D eigenvalue weighted by Gasteiger charge is 2.08. The van der Waals surface area contributed by atoms with Crippen LogP contribution in [0.2, 0.25) is 0 Å². The van der Waals surface area contributed by atoms with Crippen LogP contribution in [-0.2, 0) is 6.73 Å². The number of carbonyl (C=O) groups is 1. The predicted molar refractivity (Wildman–Crippen MR) is 91.4 cm³/mol. The van der Waals surface area contributed by atoms with Gasteiger partial charge in [-0.2, -0.15) is 5.10 Å². The van der Waals surface area contributed by atoms with Crippen molar-refractivity contribution in [2.75, 3.05) is 5.32 Å². The summed E-state index contributed by atoms with van der Waals surface area (Å²) in [5.74, 6) is -0.00145. The number of nitrogens with zero attached hydrogens (tertiary/aromatic N) is 2. The molecule has 122 valence electrons. The Labute approximate surface area is 146 Å². The Kier molecular flexibility index (Phi) is 4.90. The van der Waals surface area contributed by atoms with Gasteiger partial charge in [0.15, 0.2) is 6.73 Å².